The summed E-state index contributed by atoms with van der Waals surface area (Å²) in [5, 5.41) is -0.478. The minimum absolute atomic E-state index is 0.243. The molecule has 1 fully saturated rings. The van der Waals surface area contributed by atoms with E-state index in [1.165, 1.54) is 18.3 Å². The van der Waals surface area contributed by atoms with Crippen LogP contribution >= 0.6 is 0 Å². The predicted octanol–water partition coefficient (Wildman–Crippen LogP) is 1.29. The van der Waals surface area contributed by atoms with E-state index >= 15 is 0 Å². The molecule has 1 aliphatic rings. The van der Waals surface area contributed by atoms with E-state index in [2.05, 4.69) is 4.98 Å². The summed E-state index contributed by atoms with van der Waals surface area (Å²) in [5.74, 6) is -0.341. The average molecular weight is 320 g/mol. The van der Waals surface area contributed by atoms with Crippen LogP contribution in [0.1, 0.15) is 12.8 Å². The molecule has 6 nitrogen and oxygen atoms in total. The highest BCUT2D eigenvalue weighted by atomic mass is 32.2. The molecule has 0 atom stereocenters. The Hall–Kier alpha value is -1.81. The van der Waals surface area contributed by atoms with Gasteiger partial charge in [0.25, 0.3) is 10.0 Å². The van der Waals surface area contributed by atoms with Crippen LogP contribution in [0.25, 0.3) is 5.65 Å². The van der Waals surface area contributed by atoms with E-state index in [9.17, 15) is 21.6 Å². The zero-order valence-corrected chi connectivity index (χ0v) is 11.4. The van der Waals surface area contributed by atoms with Crippen molar-refractivity contribution >= 4 is 21.5 Å². The highest BCUT2D eigenvalue weighted by molar-refractivity contribution is 7.89. The number of imidazole rings is 1. The number of anilines is 1. The SMILES string of the molecule is Nc1nc2ccccn2c1S(=O)(=O)NC1(C(F)(F)F)CC1. The van der Waals surface area contributed by atoms with Gasteiger partial charge in [0.1, 0.15) is 11.2 Å². The number of nitrogens with two attached hydrogens (primary N) is 1. The van der Waals surface area contributed by atoms with Gasteiger partial charge in [-0.05, 0) is 25.0 Å². The van der Waals surface area contributed by atoms with Gasteiger partial charge in [-0.25, -0.2) is 13.4 Å². The molecule has 0 aliphatic heterocycles. The van der Waals surface area contributed by atoms with Gasteiger partial charge in [-0.15, -0.1) is 0 Å². The highest BCUT2D eigenvalue weighted by Gasteiger charge is 2.65. The van der Waals surface area contributed by atoms with Gasteiger partial charge in [0.05, 0.1) is 0 Å². The maximum absolute atomic E-state index is 12.9. The summed E-state index contributed by atoms with van der Waals surface area (Å²) in [4.78, 5) is 3.83. The van der Waals surface area contributed by atoms with E-state index in [1.54, 1.807) is 10.8 Å². The molecule has 0 unspecified atom stereocenters. The summed E-state index contributed by atoms with van der Waals surface area (Å²) in [6.07, 6.45) is -3.84. The number of alkyl halides is 3. The van der Waals surface area contributed by atoms with Gasteiger partial charge in [-0.2, -0.15) is 17.9 Å². The number of aromatic nitrogens is 2. The van der Waals surface area contributed by atoms with Crippen LogP contribution in [0.15, 0.2) is 29.4 Å². The molecule has 10 heteroatoms. The van der Waals surface area contributed by atoms with Gasteiger partial charge in [0.2, 0.25) is 0 Å². The second-order valence-corrected chi connectivity index (χ2v) is 6.51. The van der Waals surface area contributed by atoms with Gasteiger partial charge >= 0.3 is 6.18 Å². The van der Waals surface area contributed by atoms with E-state index < -0.39 is 26.8 Å². The number of sulfonamides is 1. The largest absolute Gasteiger partial charge is 0.407 e. The number of nitrogens with one attached hydrogen (secondary N) is 1. The van der Waals surface area contributed by atoms with Crippen molar-refractivity contribution in [3.05, 3.63) is 24.4 Å². The summed E-state index contributed by atoms with van der Waals surface area (Å²) in [7, 11) is -4.45. The molecule has 0 radical (unpaired) electrons. The maximum Gasteiger partial charge on any atom is 0.407 e. The fraction of sp³-hybridized carbons (Fsp3) is 0.364. The molecule has 114 valence electrons. The van der Waals surface area contributed by atoms with Crippen molar-refractivity contribution < 1.29 is 21.6 Å². The van der Waals surface area contributed by atoms with Crippen molar-refractivity contribution in [1.29, 1.82) is 0 Å². The maximum atomic E-state index is 12.9. The zero-order chi connectivity index (χ0) is 15.5. The molecule has 21 heavy (non-hydrogen) atoms. The number of rotatable bonds is 3. The average Bonchev–Trinajstić information content (AvgIpc) is 3.03. The second-order valence-electron chi connectivity index (χ2n) is 4.92. The molecule has 0 amide bonds. The molecule has 2 heterocycles. The third-order valence-electron chi connectivity index (χ3n) is 3.39. The summed E-state index contributed by atoms with van der Waals surface area (Å²) in [6, 6.07) is 4.65. The van der Waals surface area contributed by atoms with Crippen LogP contribution in [0.4, 0.5) is 19.0 Å². The molecule has 2 aromatic rings. The van der Waals surface area contributed by atoms with E-state index in [0.717, 1.165) is 4.40 Å². The minimum Gasteiger partial charge on any atom is -0.381 e. The van der Waals surface area contributed by atoms with Crippen LogP contribution in [0.3, 0.4) is 0 Å². The second kappa shape index (κ2) is 4.10. The standard InChI is InChI=1S/C11H11F3N4O2S/c12-11(13,14)10(4-5-10)17-21(19,20)9-8(15)16-7-3-1-2-6-18(7)9/h1-3,6,17H,4-5,15H2. The van der Waals surface area contributed by atoms with Gasteiger partial charge in [0, 0.05) is 6.20 Å². The third-order valence-corrected chi connectivity index (χ3v) is 4.96. The van der Waals surface area contributed by atoms with Gasteiger partial charge in [-0.3, -0.25) is 4.40 Å². The summed E-state index contributed by atoms with van der Waals surface area (Å²) in [6.45, 7) is 0. The van der Waals surface area contributed by atoms with Crippen LogP contribution in [-0.2, 0) is 10.0 Å². The summed E-state index contributed by atoms with van der Waals surface area (Å²) >= 11 is 0. The van der Waals surface area contributed by atoms with Crippen LogP contribution in [0, 0.1) is 0 Å². The lowest BCUT2D eigenvalue weighted by atomic mass is 10.3. The highest BCUT2D eigenvalue weighted by Crippen LogP contribution is 2.49. The summed E-state index contributed by atoms with van der Waals surface area (Å²) in [5.41, 5.74) is 3.41. The number of pyridine rings is 1. The van der Waals surface area contributed by atoms with Crippen molar-refractivity contribution in [3.63, 3.8) is 0 Å². The van der Waals surface area contributed by atoms with Crippen molar-refractivity contribution in [3.8, 4) is 0 Å². The van der Waals surface area contributed by atoms with E-state index in [0.29, 0.717) is 0 Å². The van der Waals surface area contributed by atoms with Gasteiger partial charge < -0.3 is 5.73 Å². The molecule has 3 N–H and O–H groups in total. The fourth-order valence-electron chi connectivity index (χ4n) is 2.13. The number of hydrogen-bond donors (Lipinski definition) is 2. The third kappa shape index (κ3) is 2.14. The number of fused-ring (bicyclic) bond motifs is 1. The lowest BCUT2D eigenvalue weighted by Crippen LogP contribution is -2.48. The first kappa shape index (κ1) is 14.1. The normalized spacial score (nSPS) is 18.0. The zero-order valence-electron chi connectivity index (χ0n) is 10.6. The molecule has 0 bridgehead atoms. The van der Waals surface area contributed by atoms with Gasteiger partial charge in [-0.1, -0.05) is 6.07 Å². The molecule has 0 spiro atoms. The minimum atomic E-state index is -4.64. The molecule has 0 aromatic carbocycles. The predicted molar refractivity (Wildman–Crippen MR) is 67.9 cm³/mol. The van der Waals surface area contributed by atoms with Crippen molar-refractivity contribution in [2.45, 2.75) is 29.6 Å². The quantitative estimate of drug-likeness (QED) is 0.892. The number of nitrogens with zero attached hydrogens (tertiary/aromatic N) is 2. The Labute approximate surface area is 117 Å². The number of nitrogen functional groups attached to an aromatic ring is 1. The van der Waals surface area contributed by atoms with Crippen LogP contribution < -0.4 is 10.5 Å². The molecule has 3 rings (SSSR count). The smallest absolute Gasteiger partial charge is 0.381 e. The molecule has 0 saturated heterocycles. The van der Waals surface area contributed by atoms with Crippen LogP contribution in [0.2, 0.25) is 0 Å². The first-order chi connectivity index (χ1) is 9.66. The van der Waals surface area contributed by atoms with Crippen molar-refractivity contribution in [2.75, 3.05) is 5.73 Å². The van der Waals surface area contributed by atoms with Gasteiger partial charge in [0.15, 0.2) is 10.8 Å². The number of hydrogen-bond acceptors (Lipinski definition) is 4. The van der Waals surface area contributed by atoms with E-state index in [1.807, 2.05) is 0 Å². The topological polar surface area (TPSA) is 89.5 Å². The Bertz CT molecular complexity index is 808. The Morgan fingerprint density at radius 3 is 2.57 bits per heavy atom. The Morgan fingerprint density at radius 1 is 1.33 bits per heavy atom. The molecular formula is C11H11F3N4O2S. The van der Waals surface area contributed by atoms with Crippen molar-refractivity contribution in [2.24, 2.45) is 0 Å². The lowest BCUT2D eigenvalue weighted by Gasteiger charge is -2.20. The molecule has 2 aromatic heterocycles. The Balaban J connectivity index is 2.08. The van der Waals surface area contributed by atoms with Crippen molar-refractivity contribution in [1.82, 2.24) is 14.1 Å². The van der Waals surface area contributed by atoms with Crippen LogP contribution in [0.5, 0.6) is 0 Å². The van der Waals surface area contributed by atoms with E-state index in [4.69, 9.17) is 5.73 Å². The van der Waals surface area contributed by atoms with E-state index in [-0.39, 0.29) is 24.3 Å². The molecule has 1 saturated carbocycles. The first-order valence-electron chi connectivity index (χ1n) is 6.00. The Kier molecular flexibility index (Phi) is 2.76. The monoisotopic (exact) mass is 320 g/mol. The number of halogens is 3. The van der Waals surface area contributed by atoms with Crippen LogP contribution in [-0.4, -0.2) is 29.5 Å². The fourth-order valence-corrected chi connectivity index (χ4v) is 3.80. The summed E-state index contributed by atoms with van der Waals surface area (Å²) < 4.78 is 66.1. The molecular weight excluding hydrogens is 309 g/mol. The first-order valence-corrected chi connectivity index (χ1v) is 7.48. The Morgan fingerprint density at radius 2 is 2.00 bits per heavy atom. The lowest BCUT2D eigenvalue weighted by molar-refractivity contribution is -0.160. The molecule has 1 aliphatic carbocycles.